The SMILES string of the molecule is COc1ccc(C(=O)N(Cc2ccc(Cl)cc2)c2sc(-c3ccccc3)nc2-c2cccs2)cc1. The van der Waals surface area contributed by atoms with Crippen LogP contribution in [0.4, 0.5) is 5.00 Å². The van der Waals surface area contributed by atoms with Gasteiger partial charge in [-0.3, -0.25) is 9.69 Å². The number of hydrogen-bond acceptors (Lipinski definition) is 5. The molecule has 7 heteroatoms. The molecule has 4 nitrogen and oxygen atoms in total. The van der Waals surface area contributed by atoms with Crippen LogP contribution in [0.25, 0.3) is 21.1 Å². The van der Waals surface area contributed by atoms with E-state index >= 15 is 0 Å². The van der Waals surface area contributed by atoms with Gasteiger partial charge in [0.05, 0.1) is 18.5 Å². The molecule has 0 saturated carbocycles. The molecule has 0 saturated heterocycles. The second kappa shape index (κ2) is 10.4. The molecule has 35 heavy (non-hydrogen) atoms. The van der Waals surface area contributed by atoms with Crippen LogP contribution in [-0.4, -0.2) is 18.0 Å². The standard InChI is InChI=1S/C28H21ClN2O2S2/c1-33-23-15-11-21(12-16-23)27(32)31(18-19-9-13-22(29)14-10-19)28-25(24-8-5-17-34-24)30-26(35-28)20-6-3-2-4-7-20/h2-17H,18H2,1H3. The Hall–Kier alpha value is -3.45. The maximum absolute atomic E-state index is 13.9. The van der Waals surface area contributed by atoms with Gasteiger partial charge in [-0.15, -0.1) is 11.3 Å². The Morgan fingerprint density at radius 3 is 2.34 bits per heavy atom. The summed E-state index contributed by atoms with van der Waals surface area (Å²) in [6, 6.07) is 28.8. The highest BCUT2D eigenvalue weighted by molar-refractivity contribution is 7.20. The highest BCUT2D eigenvalue weighted by atomic mass is 35.5. The summed E-state index contributed by atoms with van der Waals surface area (Å²) in [5, 5.41) is 4.36. The fourth-order valence-electron chi connectivity index (χ4n) is 3.67. The maximum atomic E-state index is 13.9. The molecule has 0 radical (unpaired) electrons. The lowest BCUT2D eigenvalue weighted by atomic mass is 10.1. The number of rotatable bonds is 7. The number of carbonyl (C=O) groups is 1. The number of amides is 1. The van der Waals surface area contributed by atoms with E-state index < -0.39 is 0 Å². The molecule has 3 aromatic carbocycles. The Kier molecular flexibility index (Phi) is 6.95. The monoisotopic (exact) mass is 516 g/mol. The summed E-state index contributed by atoms with van der Waals surface area (Å²) in [5.74, 6) is 0.595. The maximum Gasteiger partial charge on any atom is 0.259 e. The second-order valence-electron chi connectivity index (χ2n) is 7.76. The fraction of sp³-hybridized carbons (Fsp3) is 0.0714. The lowest BCUT2D eigenvalue weighted by Crippen LogP contribution is -2.30. The number of thiazole rings is 1. The van der Waals surface area contributed by atoms with Gasteiger partial charge in [-0.1, -0.05) is 71.5 Å². The van der Waals surface area contributed by atoms with E-state index in [4.69, 9.17) is 21.3 Å². The summed E-state index contributed by atoms with van der Waals surface area (Å²) in [6.45, 7) is 0.386. The number of anilines is 1. The summed E-state index contributed by atoms with van der Waals surface area (Å²) in [6.07, 6.45) is 0. The van der Waals surface area contributed by atoms with Crippen LogP contribution in [0.2, 0.25) is 5.02 Å². The first-order valence-corrected chi connectivity index (χ1v) is 13.0. The molecular formula is C28H21ClN2O2S2. The number of carbonyl (C=O) groups excluding carboxylic acids is 1. The summed E-state index contributed by atoms with van der Waals surface area (Å²) < 4.78 is 5.28. The smallest absolute Gasteiger partial charge is 0.259 e. The highest BCUT2D eigenvalue weighted by Crippen LogP contribution is 2.43. The Bertz CT molecular complexity index is 1410. The van der Waals surface area contributed by atoms with Crippen molar-refractivity contribution >= 4 is 45.2 Å². The molecule has 5 rings (SSSR count). The van der Waals surface area contributed by atoms with Crippen LogP contribution in [0.15, 0.2) is 96.4 Å². The van der Waals surface area contributed by atoms with E-state index in [1.165, 1.54) is 11.3 Å². The quantitative estimate of drug-likeness (QED) is 0.220. The molecule has 2 heterocycles. The van der Waals surface area contributed by atoms with Gasteiger partial charge < -0.3 is 4.74 Å². The third-order valence-electron chi connectivity index (χ3n) is 5.47. The van der Waals surface area contributed by atoms with Crippen LogP contribution in [0, 0.1) is 0 Å². The predicted octanol–water partition coefficient (Wildman–Crippen LogP) is 8.05. The fourth-order valence-corrected chi connectivity index (χ4v) is 5.66. The molecule has 0 aliphatic heterocycles. The molecule has 0 N–H and O–H groups in total. The molecule has 0 fully saturated rings. The van der Waals surface area contributed by atoms with Crippen molar-refractivity contribution in [3.63, 3.8) is 0 Å². The van der Waals surface area contributed by atoms with E-state index in [2.05, 4.69) is 0 Å². The zero-order valence-corrected chi connectivity index (χ0v) is 21.2. The van der Waals surface area contributed by atoms with Gasteiger partial charge in [0.15, 0.2) is 0 Å². The summed E-state index contributed by atoms with van der Waals surface area (Å²) >= 11 is 9.25. The Morgan fingerprint density at radius 1 is 0.943 bits per heavy atom. The normalized spacial score (nSPS) is 10.8. The Balaban J connectivity index is 1.63. The topological polar surface area (TPSA) is 42.4 Å². The molecule has 174 valence electrons. The molecule has 5 aromatic rings. The zero-order valence-electron chi connectivity index (χ0n) is 18.9. The van der Waals surface area contributed by atoms with Crippen molar-refractivity contribution in [1.82, 2.24) is 4.98 Å². The van der Waals surface area contributed by atoms with Crippen molar-refractivity contribution in [2.24, 2.45) is 0 Å². The van der Waals surface area contributed by atoms with E-state index in [0.717, 1.165) is 31.7 Å². The largest absolute Gasteiger partial charge is 0.497 e. The molecule has 2 aromatic heterocycles. The van der Waals surface area contributed by atoms with Crippen LogP contribution in [0.5, 0.6) is 5.75 Å². The minimum atomic E-state index is -0.108. The number of nitrogens with zero attached hydrogens (tertiary/aromatic N) is 2. The molecule has 0 aliphatic rings. The van der Waals surface area contributed by atoms with Crippen LogP contribution in [-0.2, 0) is 6.54 Å². The Morgan fingerprint density at radius 2 is 1.69 bits per heavy atom. The second-order valence-corrected chi connectivity index (χ2v) is 10.1. The van der Waals surface area contributed by atoms with Gasteiger partial charge in [0.2, 0.25) is 0 Å². The van der Waals surface area contributed by atoms with Crippen molar-refractivity contribution in [2.45, 2.75) is 6.54 Å². The van der Waals surface area contributed by atoms with Crippen molar-refractivity contribution in [2.75, 3.05) is 12.0 Å². The number of aromatic nitrogens is 1. The first-order valence-electron chi connectivity index (χ1n) is 10.9. The van der Waals surface area contributed by atoms with Crippen molar-refractivity contribution in [3.8, 4) is 26.9 Å². The van der Waals surface area contributed by atoms with Crippen molar-refractivity contribution in [3.05, 3.63) is 113 Å². The van der Waals surface area contributed by atoms with Crippen LogP contribution >= 0.6 is 34.3 Å². The number of methoxy groups -OCH3 is 1. The van der Waals surface area contributed by atoms with Gasteiger partial charge in [-0.25, -0.2) is 4.98 Å². The first kappa shape index (κ1) is 23.3. The molecule has 0 spiro atoms. The molecule has 0 atom stereocenters. The number of benzene rings is 3. The molecule has 0 aliphatic carbocycles. The molecule has 0 bridgehead atoms. The van der Waals surface area contributed by atoms with Gasteiger partial charge in [0, 0.05) is 16.1 Å². The lowest BCUT2D eigenvalue weighted by Gasteiger charge is -2.22. The Labute approximate surface area is 217 Å². The zero-order chi connectivity index (χ0) is 24.2. The van der Waals surface area contributed by atoms with Crippen molar-refractivity contribution < 1.29 is 9.53 Å². The summed E-state index contributed by atoms with van der Waals surface area (Å²) in [7, 11) is 1.61. The number of ether oxygens (including phenoxy) is 1. The van der Waals surface area contributed by atoms with Gasteiger partial charge >= 0.3 is 0 Å². The van der Waals surface area contributed by atoms with E-state index in [-0.39, 0.29) is 5.91 Å². The third kappa shape index (κ3) is 5.15. The van der Waals surface area contributed by atoms with Gasteiger partial charge in [0.25, 0.3) is 5.91 Å². The average Bonchev–Trinajstić information content (AvgIpc) is 3.59. The van der Waals surface area contributed by atoms with Crippen LogP contribution in [0.1, 0.15) is 15.9 Å². The minimum Gasteiger partial charge on any atom is -0.497 e. The average molecular weight is 517 g/mol. The summed E-state index contributed by atoms with van der Waals surface area (Å²) in [4.78, 5) is 21.7. The molecule has 0 unspecified atom stereocenters. The van der Waals surface area contributed by atoms with E-state index in [1.54, 1.807) is 42.7 Å². The molecule has 1 amide bonds. The molecular weight excluding hydrogens is 496 g/mol. The first-order chi connectivity index (χ1) is 17.1. The minimum absolute atomic E-state index is 0.108. The van der Waals surface area contributed by atoms with E-state index in [0.29, 0.717) is 22.9 Å². The van der Waals surface area contributed by atoms with Gasteiger partial charge in [-0.05, 0) is 53.4 Å². The predicted molar refractivity (Wildman–Crippen MR) is 146 cm³/mol. The lowest BCUT2D eigenvalue weighted by molar-refractivity contribution is 0.0986. The number of halogens is 1. The van der Waals surface area contributed by atoms with E-state index in [9.17, 15) is 4.79 Å². The van der Waals surface area contributed by atoms with Gasteiger partial charge in [0.1, 0.15) is 21.5 Å². The number of hydrogen-bond donors (Lipinski definition) is 0. The highest BCUT2D eigenvalue weighted by Gasteiger charge is 2.26. The summed E-state index contributed by atoms with van der Waals surface area (Å²) in [5.41, 5.74) is 3.37. The van der Waals surface area contributed by atoms with Gasteiger partial charge in [-0.2, -0.15) is 0 Å². The van der Waals surface area contributed by atoms with E-state index in [1.807, 2.05) is 77.0 Å². The van der Waals surface area contributed by atoms with Crippen LogP contribution < -0.4 is 9.64 Å². The number of thiophene rings is 1. The third-order valence-corrected chi connectivity index (χ3v) is 7.72. The van der Waals surface area contributed by atoms with Crippen LogP contribution in [0.3, 0.4) is 0 Å². The van der Waals surface area contributed by atoms with Crippen molar-refractivity contribution in [1.29, 1.82) is 0 Å².